The summed E-state index contributed by atoms with van der Waals surface area (Å²) >= 11 is 6.31. The summed E-state index contributed by atoms with van der Waals surface area (Å²) < 4.78 is 40.1. The van der Waals surface area contributed by atoms with Gasteiger partial charge in [0.1, 0.15) is 12.2 Å². The van der Waals surface area contributed by atoms with Gasteiger partial charge in [-0.15, -0.1) is 5.10 Å². The van der Waals surface area contributed by atoms with Gasteiger partial charge in [0.05, 0.1) is 39.8 Å². The fraction of sp³-hybridized carbons (Fsp3) is 0.269. The number of aromatic nitrogens is 6. The molecular weight excluding hydrogens is 563 g/mol. The molecule has 4 rings (SSSR count). The van der Waals surface area contributed by atoms with Crippen molar-refractivity contribution in [3.63, 3.8) is 0 Å². The molecule has 0 saturated heterocycles. The Bertz CT molecular complexity index is 1680. The van der Waals surface area contributed by atoms with Gasteiger partial charge in [-0.2, -0.15) is 33.4 Å². The first-order valence-electron chi connectivity index (χ1n) is 12.0. The van der Waals surface area contributed by atoms with Crippen LogP contribution in [-0.4, -0.2) is 47.1 Å². The number of alkyl halides is 3. The first-order valence-corrected chi connectivity index (χ1v) is 12.4. The molecule has 0 aliphatic rings. The van der Waals surface area contributed by atoms with E-state index in [1.165, 1.54) is 30.5 Å². The minimum Gasteiger partial charge on any atom is -0.347 e. The fourth-order valence-corrected chi connectivity index (χ4v) is 4.00. The van der Waals surface area contributed by atoms with Gasteiger partial charge in [-0.3, -0.25) is 9.59 Å². The van der Waals surface area contributed by atoms with Crippen LogP contribution in [0.5, 0.6) is 0 Å². The lowest BCUT2D eigenvalue weighted by Gasteiger charge is -2.22. The third kappa shape index (κ3) is 6.69. The summed E-state index contributed by atoms with van der Waals surface area (Å²) in [5.41, 5.74) is -0.868. The monoisotopic (exact) mass is 585 g/mol. The zero-order valence-corrected chi connectivity index (χ0v) is 23.0. The molecule has 15 heteroatoms. The number of hydrogen-bond acceptors (Lipinski definition) is 7. The lowest BCUT2D eigenvalue weighted by Crippen LogP contribution is -2.41. The molecule has 0 radical (unpaired) electrons. The minimum atomic E-state index is -4.68. The zero-order valence-electron chi connectivity index (χ0n) is 22.2. The number of nitrogens with one attached hydrogen (secondary N) is 2. The summed E-state index contributed by atoms with van der Waals surface area (Å²) in [6.07, 6.45) is -2.67. The molecule has 0 spiro atoms. The summed E-state index contributed by atoms with van der Waals surface area (Å²) in [6.45, 7) is 6.68. The molecular formula is C26H23ClF3N9O2. The molecule has 41 heavy (non-hydrogen) atoms. The second-order valence-electron chi connectivity index (χ2n) is 9.99. The highest BCUT2D eigenvalue weighted by Gasteiger charge is 2.34. The van der Waals surface area contributed by atoms with E-state index in [1.54, 1.807) is 33.8 Å². The number of nitrogens with zero attached hydrogens (tertiary/aromatic N) is 7. The molecule has 0 fully saturated rings. The van der Waals surface area contributed by atoms with Crippen LogP contribution in [0, 0.1) is 18.3 Å². The van der Waals surface area contributed by atoms with Crippen LogP contribution in [0.15, 0.2) is 42.7 Å². The number of rotatable bonds is 6. The largest absolute Gasteiger partial charge is 0.436 e. The molecule has 3 aromatic heterocycles. The van der Waals surface area contributed by atoms with Gasteiger partial charge in [-0.25, -0.2) is 9.67 Å². The van der Waals surface area contributed by atoms with Crippen molar-refractivity contribution in [2.24, 2.45) is 0 Å². The quantitative estimate of drug-likeness (QED) is 0.338. The molecule has 3 heterocycles. The summed E-state index contributed by atoms with van der Waals surface area (Å²) in [5, 5.41) is 26.5. The number of amides is 2. The third-order valence-corrected chi connectivity index (χ3v) is 5.79. The van der Waals surface area contributed by atoms with Crippen LogP contribution in [0.2, 0.25) is 5.02 Å². The summed E-state index contributed by atoms with van der Waals surface area (Å²) in [4.78, 5) is 31.8. The van der Waals surface area contributed by atoms with Crippen LogP contribution in [0.4, 0.5) is 18.9 Å². The molecule has 2 N–H and O–H groups in total. The van der Waals surface area contributed by atoms with Crippen molar-refractivity contribution in [1.82, 2.24) is 35.1 Å². The van der Waals surface area contributed by atoms with Crippen LogP contribution >= 0.6 is 11.6 Å². The lowest BCUT2D eigenvalue weighted by atomic mass is 10.0. The highest BCUT2D eigenvalue weighted by Crippen LogP contribution is 2.28. The smallest absolute Gasteiger partial charge is 0.347 e. The maximum atomic E-state index is 13.7. The fourth-order valence-electron chi connectivity index (χ4n) is 3.79. The van der Waals surface area contributed by atoms with Gasteiger partial charge >= 0.3 is 6.18 Å². The summed E-state index contributed by atoms with van der Waals surface area (Å²) in [6, 6.07) is 9.30. The molecule has 0 saturated carbocycles. The molecule has 2 amide bonds. The van der Waals surface area contributed by atoms with Crippen molar-refractivity contribution >= 4 is 29.1 Å². The Morgan fingerprint density at radius 2 is 1.85 bits per heavy atom. The minimum absolute atomic E-state index is 0.0624. The second-order valence-corrected chi connectivity index (χ2v) is 10.4. The van der Waals surface area contributed by atoms with Gasteiger partial charge in [-0.1, -0.05) is 11.6 Å². The molecule has 1 aromatic carbocycles. The Morgan fingerprint density at radius 3 is 2.46 bits per heavy atom. The molecule has 0 unspecified atom stereocenters. The van der Waals surface area contributed by atoms with Crippen molar-refractivity contribution in [3.05, 3.63) is 81.5 Å². The Morgan fingerprint density at radius 1 is 1.12 bits per heavy atom. The number of anilines is 1. The van der Waals surface area contributed by atoms with Crippen LogP contribution in [0.1, 0.15) is 64.1 Å². The van der Waals surface area contributed by atoms with Crippen molar-refractivity contribution in [2.75, 3.05) is 5.32 Å². The van der Waals surface area contributed by atoms with Crippen LogP contribution < -0.4 is 10.6 Å². The van der Waals surface area contributed by atoms with E-state index in [-0.39, 0.29) is 45.6 Å². The van der Waals surface area contributed by atoms with Gasteiger partial charge in [-0.05, 0) is 63.6 Å². The molecule has 212 valence electrons. The van der Waals surface area contributed by atoms with Gasteiger partial charge in [0.15, 0.2) is 11.5 Å². The van der Waals surface area contributed by atoms with E-state index in [9.17, 15) is 28.0 Å². The molecule has 0 atom stereocenters. The number of hydrogen-bond donors (Lipinski definition) is 2. The highest BCUT2D eigenvalue weighted by atomic mass is 35.5. The number of carbonyl (C=O) groups is 2. The molecule has 0 aliphatic carbocycles. The summed E-state index contributed by atoms with van der Waals surface area (Å²) in [5.74, 6) is -1.16. The van der Waals surface area contributed by atoms with E-state index in [0.717, 1.165) is 9.48 Å². The average Bonchev–Trinajstić information content (AvgIpc) is 3.52. The maximum Gasteiger partial charge on any atom is 0.436 e. The van der Waals surface area contributed by atoms with E-state index >= 15 is 0 Å². The Balaban J connectivity index is 1.76. The second kappa shape index (κ2) is 11.0. The van der Waals surface area contributed by atoms with Crippen molar-refractivity contribution in [2.45, 2.75) is 46.0 Å². The number of nitriles is 1. The highest BCUT2D eigenvalue weighted by molar-refractivity contribution is 6.32. The van der Waals surface area contributed by atoms with E-state index in [0.29, 0.717) is 11.8 Å². The third-order valence-electron chi connectivity index (χ3n) is 5.50. The maximum absolute atomic E-state index is 13.7. The SMILES string of the molecule is Cc1cc(C#N)cc(C(=O)NC(C)(C)C)c1NC(=O)c1cc(Cn2ncc(C(F)(F)F)n2)nn1-c1ncccc1Cl. The first kappa shape index (κ1) is 29.2. The van der Waals surface area contributed by atoms with Crippen LogP contribution in [-0.2, 0) is 12.7 Å². The molecule has 0 aliphatic heterocycles. The van der Waals surface area contributed by atoms with Crippen LogP contribution in [0.25, 0.3) is 5.82 Å². The van der Waals surface area contributed by atoms with E-state index in [4.69, 9.17) is 11.6 Å². The number of pyridine rings is 1. The zero-order chi connectivity index (χ0) is 30.1. The topological polar surface area (TPSA) is 143 Å². The predicted octanol–water partition coefficient (Wildman–Crippen LogP) is 4.54. The number of aryl methyl sites for hydroxylation is 1. The van der Waals surface area contributed by atoms with Gasteiger partial charge < -0.3 is 10.6 Å². The molecule has 4 aromatic rings. The summed E-state index contributed by atoms with van der Waals surface area (Å²) in [7, 11) is 0. The lowest BCUT2D eigenvalue weighted by molar-refractivity contribution is -0.141. The van der Waals surface area contributed by atoms with E-state index in [2.05, 4.69) is 30.9 Å². The van der Waals surface area contributed by atoms with Crippen molar-refractivity contribution in [1.29, 1.82) is 5.26 Å². The van der Waals surface area contributed by atoms with Gasteiger partial charge in [0, 0.05) is 11.7 Å². The predicted molar refractivity (Wildman–Crippen MR) is 142 cm³/mol. The number of halogens is 4. The van der Waals surface area contributed by atoms with Gasteiger partial charge in [0.25, 0.3) is 11.8 Å². The van der Waals surface area contributed by atoms with E-state index < -0.39 is 29.2 Å². The van der Waals surface area contributed by atoms with E-state index in [1.807, 2.05) is 6.07 Å². The van der Waals surface area contributed by atoms with Crippen molar-refractivity contribution in [3.8, 4) is 11.9 Å². The standard InChI is InChI=1S/C26H23ClF3N9O2/c1-14-8-15(11-31)9-17(23(40)35-25(2,3)4)21(14)34-24(41)19-10-16(13-38-33-12-20(37-38)26(28,29)30)36-39(19)22-18(27)6-5-7-32-22/h5-10,12H,13H2,1-4H3,(H,34,41)(H,35,40). The molecule has 0 bridgehead atoms. The number of carbonyl (C=O) groups excluding carboxylic acids is 2. The Kier molecular flexibility index (Phi) is 7.85. The van der Waals surface area contributed by atoms with Crippen molar-refractivity contribution < 1.29 is 22.8 Å². The average molecular weight is 586 g/mol. The molecule has 11 nitrogen and oxygen atoms in total. The Hall–Kier alpha value is -4.77. The first-order chi connectivity index (χ1) is 19.2. The number of benzene rings is 1. The van der Waals surface area contributed by atoms with Crippen LogP contribution in [0.3, 0.4) is 0 Å². The Labute approximate surface area is 236 Å². The van der Waals surface area contributed by atoms with Gasteiger partial charge in [0.2, 0.25) is 0 Å². The normalized spacial score (nSPS) is 11.7.